The summed E-state index contributed by atoms with van der Waals surface area (Å²) in [5, 5.41) is 7.61. The van der Waals surface area contributed by atoms with Gasteiger partial charge in [0.15, 0.2) is 0 Å². The molecule has 0 spiro atoms. The molecule has 0 unspecified atom stereocenters. The molecule has 4 nitrogen and oxygen atoms in total. The maximum Gasteiger partial charge on any atom is 0.230 e. The van der Waals surface area contributed by atoms with E-state index in [1.807, 2.05) is 0 Å². The number of hydrogen-bond acceptors (Lipinski definition) is 4. The van der Waals surface area contributed by atoms with E-state index in [9.17, 15) is 4.79 Å². The largest absolute Gasteiger partial charge is 0.384 e. The zero-order chi connectivity index (χ0) is 16.7. The molecule has 24 heavy (non-hydrogen) atoms. The third kappa shape index (κ3) is 6.62. The summed E-state index contributed by atoms with van der Waals surface area (Å²) >= 11 is 13.5. The predicted molar refractivity (Wildman–Crippen MR) is 104 cm³/mol. The van der Waals surface area contributed by atoms with Gasteiger partial charge in [0.2, 0.25) is 5.91 Å². The molecule has 1 heterocycles. The minimum absolute atomic E-state index is 0. The molecule has 0 bridgehead atoms. The first-order valence-corrected chi connectivity index (χ1v) is 9.33. The number of ether oxygens (including phenoxy) is 1. The number of carbonyl (C=O) groups excluding carboxylic acids is 1. The number of carbonyl (C=O) groups is 1. The minimum Gasteiger partial charge on any atom is -0.384 e. The number of benzene rings is 1. The predicted octanol–water partition coefficient (Wildman–Crippen LogP) is 3.64. The molecule has 0 aromatic heterocycles. The van der Waals surface area contributed by atoms with Gasteiger partial charge in [0, 0.05) is 29.0 Å². The third-order valence-electron chi connectivity index (χ3n) is 4.03. The molecule has 136 valence electrons. The van der Waals surface area contributed by atoms with Crippen molar-refractivity contribution in [2.45, 2.75) is 17.7 Å². The van der Waals surface area contributed by atoms with E-state index in [1.165, 1.54) is 11.8 Å². The van der Waals surface area contributed by atoms with Gasteiger partial charge in [0.05, 0.1) is 17.4 Å². The number of halogens is 3. The zero-order valence-electron chi connectivity index (χ0n) is 13.6. The Balaban J connectivity index is 0.00000288. The topological polar surface area (TPSA) is 50.4 Å². The first-order valence-electron chi connectivity index (χ1n) is 7.59. The van der Waals surface area contributed by atoms with Gasteiger partial charge in [0.25, 0.3) is 0 Å². The van der Waals surface area contributed by atoms with Crippen molar-refractivity contribution in [3.8, 4) is 0 Å². The van der Waals surface area contributed by atoms with Crippen LogP contribution >= 0.6 is 47.4 Å². The first kappa shape index (κ1) is 21.9. The van der Waals surface area contributed by atoms with Crippen LogP contribution in [0.15, 0.2) is 23.1 Å². The molecule has 0 atom stereocenters. The summed E-state index contributed by atoms with van der Waals surface area (Å²) in [6, 6.07) is 5.26. The van der Waals surface area contributed by atoms with E-state index in [0.717, 1.165) is 30.8 Å². The van der Waals surface area contributed by atoms with E-state index in [4.69, 9.17) is 27.9 Å². The van der Waals surface area contributed by atoms with Gasteiger partial charge in [-0.25, -0.2) is 0 Å². The summed E-state index contributed by atoms with van der Waals surface area (Å²) in [7, 11) is 1.71. The van der Waals surface area contributed by atoms with Crippen molar-refractivity contribution in [2.24, 2.45) is 5.41 Å². The lowest BCUT2D eigenvalue weighted by molar-refractivity contribution is -0.119. The van der Waals surface area contributed by atoms with Crippen molar-refractivity contribution in [2.75, 3.05) is 39.1 Å². The lowest BCUT2D eigenvalue weighted by Crippen LogP contribution is -2.47. The molecule has 8 heteroatoms. The number of thioether (sulfide) groups is 1. The highest BCUT2D eigenvalue weighted by Crippen LogP contribution is 2.30. The molecular weight excluding hydrogens is 391 g/mol. The fraction of sp³-hybridized carbons (Fsp3) is 0.562. The second-order valence-corrected chi connectivity index (χ2v) is 7.68. The molecule has 2 rings (SSSR count). The molecule has 0 radical (unpaired) electrons. The highest BCUT2D eigenvalue weighted by atomic mass is 35.5. The van der Waals surface area contributed by atoms with E-state index >= 15 is 0 Å². The fourth-order valence-corrected chi connectivity index (χ4v) is 4.03. The zero-order valence-corrected chi connectivity index (χ0v) is 16.7. The van der Waals surface area contributed by atoms with E-state index in [1.54, 1.807) is 25.3 Å². The molecule has 1 aromatic carbocycles. The van der Waals surface area contributed by atoms with Crippen LogP contribution in [0.25, 0.3) is 0 Å². The van der Waals surface area contributed by atoms with Crippen LogP contribution in [0, 0.1) is 5.41 Å². The Labute approximate surface area is 163 Å². The van der Waals surface area contributed by atoms with E-state index in [2.05, 4.69) is 10.6 Å². The van der Waals surface area contributed by atoms with Crippen molar-refractivity contribution >= 4 is 53.3 Å². The molecule has 1 aliphatic heterocycles. The van der Waals surface area contributed by atoms with Crippen molar-refractivity contribution in [3.05, 3.63) is 28.2 Å². The number of hydrogen-bond donors (Lipinski definition) is 2. The molecular formula is C16H23Cl3N2O2S. The molecule has 0 aliphatic carbocycles. The number of amides is 1. The first-order chi connectivity index (χ1) is 11.0. The molecule has 1 aliphatic rings. The van der Waals surface area contributed by atoms with Gasteiger partial charge < -0.3 is 15.4 Å². The average Bonchev–Trinajstić information content (AvgIpc) is 2.55. The number of nitrogens with one attached hydrogen (secondary N) is 2. The lowest BCUT2D eigenvalue weighted by Gasteiger charge is -2.37. The summed E-state index contributed by atoms with van der Waals surface area (Å²) in [6.07, 6.45) is 2.02. The standard InChI is InChI=1S/C16H22Cl2N2O2S.ClH/c1-22-11-16(4-6-19-7-5-16)10-20-15(21)9-23-14-8-12(17)2-3-13(14)18;/h2-3,8,19H,4-7,9-11H2,1H3,(H,20,21);1H. The highest BCUT2D eigenvalue weighted by molar-refractivity contribution is 8.00. The molecule has 2 N–H and O–H groups in total. The van der Waals surface area contributed by atoms with Crippen LogP contribution in [0.3, 0.4) is 0 Å². The molecule has 1 fully saturated rings. The van der Waals surface area contributed by atoms with Gasteiger partial charge in [-0.1, -0.05) is 23.2 Å². The Hall–Kier alpha value is -0.170. The SMILES string of the molecule is COCC1(CNC(=O)CSc2cc(Cl)ccc2Cl)CCNCC1.Cl. The average molecular weight is 414 g/mol. The molecule has 0 saturated carbocycles. The Morgan fingerprint density at radius 1 is 1.38 bits per heavy atom. The quantitative estimate of drug-likeness (QED) is 0.670. The van der Waals surface area contributed by atoms with Crippen LogP contribution in [0.4, 0.5) is 0 Å². The second-order valence-electron chi connectivity index (χ2n) is 5.82. The maximum absolute atomic E-state index is 12.1. The van der Waals surface area contributed by atoms with Crippen LogP contribution in [-0.4, -0.2) is 45.0 Å². The summed E-state index contributed by atoms with van der Waals surface area (Å²) in [5.74, 6) is 0.321. The summed E-state index contributed by atoms with van der Waals surface area (Å²) in [6.45, 7) is 3.24. The molecule has 1 saturated heterocycles. The summed E-state index contributed by atoms with van der Waals surface area (Å²) < 4.78 is 5.36. The van der Waals surface area contributed by atoms with Crippen molar-refractivity contribution in [3.63, 3.8) is 0 Å². The van der Waals surface area contributed by atoms with Crippen LogP contribution in [0.5, 0.6) is 0 Å². The van der Waals surface area contributed by atoms with Crippen molar-refractivity contribution in [1.29, 1.82) is 0 Å². The van der Waals surface area contributed by atoms with Crippen LogP contribution < -0.4 is 10.6 Å². The Morgan fingerprint density at radius 3 is 2.75 bits per heavy atom. The molecule has 1 aromatic rings. The van der Waals surface area contributed by atoms with Gasteiger partial charge in [-0.2, -0.15) is 0 Å². The monoisotopic (exact) mass is 412 g/mol. The second kappa shape index (κ2) is 10.7. The smallest absolute Gasteiger partial charge is 0.230 e. The normalized spacial score (nSPS) is 16.3. The number of rotatable bonds is 7. The van der Waals surface area contributed by atoms with Gasteiger partial charge in [-0.15, -0.1) is 24.2 Å². The van der Waals surface area contributed by atoms with Gasteiger partial charge in [0.1, 0.15) is 0 Å². The fourth-order valence-electron chi connectivity index (χ4n) is 2.70. The van der Waals surface area contributed by atoms with Crippen LogP contribution in [0.2, 0.25) is 10.0 Å². The van der Waals surface area contributed by atoms with Crippen LogP contribution in [0.1, 0.15) is 12.8 Å². The highest BCUT2D eigenvalue weighted by Gasteiger charge is 2.32. The Morgan fingerprint density at radius 2 is 2.08 bits per heavy atom. The van der Waals surface area contributed by atoms with E-state index in [0.29, 0.717) is 28.9 Å². The lowest BCUT2D eigenvalue weighted by atomic mass is 9.79. The van der Waals surface area contributed by atoms with Crippen molar-refractivity contribution < 1.29 is 9.53 Å². The minimum atomic E-state index is 0. The molecule has 1 amide bonds. The third-order valence-corrected chi connectivity index (χ3v) is 5.76. The van der Waals surface area contributed by atoms with Gasteiger partial charge in [-0.05, 0) is 44.1 Å². The van der Waals surface area contributed by atoms with E-state index in [-0.39, 0.29) is 23.7 Å². The number of methoxy groups -OCH3 is 1. The Kier molecular flexibility index (Phi) is 9.79. The maximum atomic E-state index is 12.1. The summed E-state index contributed by atoms with van der Waals surface area (Å²) in [4.78, 5) is 13.0. The van der Waals surface area contributed by atoms with Crippen LogP contribution in [-0.2, 0) is 9.53 Å². The van der Waals surface area contributed by atoms with E-state index < -0.39 is 0 Å². The van der Waals surface area contributed by atoms with Gasteiger partial charge >= 0.3 is 0 Å². The summed E-state index contributed by atoms with van der Waals surface area (Å²) in [5.41, 5.74) is 0.0357. The number of piperidine rings is 1. The van der Waals surface area contributed by atoms with Crippen molar-refractivity contribution in [1.82, 2.24) is 10.6 Å². The Bertz CT molecular complexity index is 535. The van der Waals surface area contributed by atoms with Gasteiger partial charge in [-0.3, -0.25) is 4.79 Å².